The van der Waals surface area contributed by atoms with Crippen molar-refractivity contribution < 1.29 is 5.11 Å². The summed E-state index contributed by atoms with van der Waals surface area (Å²) in [5, 5.41) is 18.8. The fourth-order valence-electron chi connectivity index (χ4n) is 1.47. The number of hydrogen-bond acceptors (Lipinski definition) is 3. The Balaban J connectivity index is 2.35. The molecule has 0 saturated heterocycles. The quantitative estimate of drug-likeness (QED) is 0.825. The van der Waals surface area contributed by atoms with Gasteiger partial charge in [-0.15, -0.1) is 0 Å². The minimum Gasteiger partial charge on any atom is -0.382 e. The monoisotopic (exact) mass is 210 g/mol. The molecule has 2 rings (SSSR count). The molecule has 0 aliphatic heterocycles. The maximum absolute atomic E-state index is 10.0. The van der Waals surface area contributed by atoms with Crippen molar-refractivity contribution >= 4 is 0 Å². The number of pyridine rings is 1. The predicted octanol–water partition coefficient (Wildman–Crippen LogP) is 2.03. The molecule has 1 heterocycles. The average molecular weight is 210 g/mol. The summed E-state index contributed by atoms with van der Waals surface area (Å²) < 4.78 is 0. The minimum absolute atomic E-state index is 0.491. The summed E-state index contributed by atoms with van der Waals surface area (Å²) in [7, 11) is 0. The third-order valence-corrected chi connectivity index (χ3v) is 2.31. The highest BCUT2D eigenvalue weighted by Gasteiger charge is 2.11. The first kappa shape index (κ1) is 10.3. The lowest BCUT2D eigenvalue weighted by atomic mass is 10.1. The highest BCUT2D eigenvalue weighted by atomic mass is 16.3. The van der Waals surface area contributed by atoms with Crippen LogP contribution in [0.3, 0.4) is 0 Å². The molecule has 0 aliphatic carbocycles. The second-order valence-corrected chi connectivity index (χ2v) is 3.39. The third-order valence-electron chi connectivity index (χ3n) is 2.31. The molecule has 1 aromatic heterocycles. The summed E-state index contributed by atoms with van der Waals surface area (Å²) in [6, 6.07) is 14.5. The van der Waals surface area contributed by atoms with E-state index in [0.717, 1.165) is 5.56 Å². The molecular weight excluding hydrogens is 200 g/mol. The topological polar surface area (TPSA) is 56.9 Å². The SMILES string of the molecule is N#Cc1ccnc(C(O)c2ccccc2)c1. The lowest BCUT2D eigenvalue weighted by Crippen LogP contribution is -2.02. The van der Waals surface area contributed by atoms with E-state index in [-0.39, 0.29) is 0 Å². The van der Waals surface area contributed by atoms with Crippen molar-refractivity contribution in [3.05, 3.63) is 65.5 Å². The maximum atomic E-state index is 10.0. The van der Waals surface area contributed by atoms with Gasteiger partial charge in [-0.2, -0.15) is 5.26 Å². The smallest absolute Gasteiger partial charge is 0.121 e. The van der Waals surface area contributed by atoms with Gasteiger partial charge in [-0.05, 0) is 17.7 Å². The maximum Gasteiger partial charge on any atom is 0.121 e. The Labute approximate surface area is 93.6 Å². The summed E-state index contributed by atoms with van der Waals surface area (Å²) >= 11 is 0. The molecule has 0 fully saturated rings. The van der Waals surface area contributed by atoms with Crippen LogP contribution in [-0.4, -0.2) is 10.1 Å². The van der Waals surface area contributed by atoms with Crippen molar-refractivity contribution in [1.29, 1.82) is 5.26 Å². The molecule has 3 heteroatoms. The van der Waals surface area contributed by atoms with Gasteiger partial charge in [0, 0.05) is 6.20 Å². The van der Waals surface area contributed by atoms with Crippen LogP contribution in [-0.2, 0) is 0 Å². The zero-order chi connectivity index (χ0) is 11.4. The first-order chi connectivity index (χ1) is 7.81. The summed E-state index contributed by atoms with van der Waals surface area (Å²) in [6.07, 6.45) is 0.745. The number of nitriles is 1. The standard InChI is InChI=1S/C13H10N2O/c14-9-10-6-7-15-12(8-10)13(16)11-4-2-1-3-5-11/h1-8,13,16H. The Kier molecular flexibility index (Phi) is 2.95. The molecule has 3 nitrogen and oxygen atoms in total. The summed E-state index contributed by atoms with van der Waals surface area (Å²) in [4.78, 5) is 4.06. The Morgan fingerprint density at radius 3 is 2.62 bits per heavy atom. The van der Waals surface area contributed by atoms with Gasteiger partial charge in [0.25, 0.3) is 0 Å². The lowest BCUT2D eigenvalue weighted by molar-refractivity contribution is 0.215. The zero-order valence-electron chi connectivity index (χ0n) is 8.54. The van der Waals surface area contributed by atoms with Crippen molar-refractivity contribution in [2.45, 2.75) is 6.10 Å². The summed E-state index contributed by atoms with van der Waals surface area (Å²) in [5.74, 6) is 0. The van der Waals surface area contributed by atoms with Gasteiger partial charge in [-0.25, -0.2) is 0 Å². The fraction of sp³-hybridized carbons (Fsp3) is 0.0769. The molecule has 0 amide bonds. The number of aliphatic hydroxyl groups is 1. The van der Waals surface area contributed by atoms with Crippen LogP contribution in [0.25, 0.3) is 0 Å². The Hall–Kier alpha value is -2.18. The van der Waals surface area contributed by atoms with Gasteiger partial charge in [-0.3, -0.25) is 4.98 Å². The number of hydrogen-bond donors (Lipinski definition) is 1. The number of nitrogens with zero attached hydrogens (tertiary/aromatic N) is 2. The summed E-state index contributed by atoms with van der Waals surface area (Å²) in [5.41, 5.74) is 1.76. The third kappa shape index (κ3) is 2.08. The number of rotatable bonds is 2. The van der Waals surface area contributed by atoms with Gasteiger partial charge in [0.15, 0.2) is 0 Å². The molecule has 1 unspecified atom stereocenters. The van der Waals surface area contributed by atoms with Gasteiger partial charge in [0.2, 0.25) is 0 Å². The Morgan fingerprint density at radius 1 is 1.19 bits per heavy atom. The van der Waals surface area contributed by atoms with E-state index in [1.54, 1.807) is 12.1 Å². The minimum atomic E-state index is -0.783. The first-order valence-corrected chi connectivity index (χ1v) is 4.90. The van der Waals surface area contributed by atoms with Crippen LogP contribution >= 0.6 is 0 Å². The molecule has 1 aromatic carbocycles. The molecule has 16 heavy (non-hydrogen) atoms. The molecule has 0 aliphatic rings. The molecule has 0 spiro atoms. The van der Waals surface area contributed by atoms with Gasteiger partial charge in [-0.1, -0.05) is 30.3 Å². The molecular formula is C13H10N2O. The van der Waals surface area contributed by atoms with E-state index in [1.165, 1.54) is 6.20 Å². The van der Waals surface area contributed by atoms with Crippen LogP contribution in [0, 0.1) is 11.3 Å². The highest BCUT2D eigenvalue weighted by molar-refractivity contribution is 5.33. The van der Waals surface area contributed by atoms with E-state index < -0.39 is 6.10 Å². The summed E-state index contributed by atoms with van der Waals surface area (Å²) in [6.45, 7) is 0. The molecule has 1 N–H and O–H groups in total. The average Bonchev–Trinajstić information content (AvgIpc) is 2.39. The van der Waals surface area contributed by atoms with Gasteiger partial charge < -0.3 is 5.11 Å². The highest BCUT2D eigenvalue weighted by Crippen LogP contribution is 2.19. The van der Waals surface area contributed by atoms with Gasteiger partial charge in [0.05, 0.1) is 17.3 Å². The predicted molar refractivity (Wildman–Crippen MR) is 59.5 cm³/mol. The first-order valence-electron chi connectivity index (χ1n) is 4.90. The normalized spacial score (nSPS) is 11.8. The van der Waals surface area contributed by atoms with Crippen molar-refractivity contribution in [2.75, 3.05) is 0 Å². The van der Waals surface area contributed by atoms with E-state index in [0.29, 0.717) is 11.3 Å². The Morgan fingerprint density at radius 2 is 1.94 bits per heavy atom. The van der Waals surface area contributed by atoms with Gasteiger partial charge in [0.1, 0.15) is 6.10 Å². The largest absolute Gasteiger partial charge is 0.382 e. The van der Waals surface area contributed by atoms with E-state index >= 15 is 0 Å². The number of aromatic nitrogens is 1. The van der Waals surface area contributed by atoms with E-state index in [2.05, 4.69) is 4.98 Å². The van der Waals surface area contributed by atoms with Crippen LogP contribution in [0.15, 0.2) is 48.7 Å². The van der Waals surface area contributed by atoms with Crippen LogP contribution < -0.4 is 0 Å². The van der Waals surface area contributed by atoms with Crippen LogP contribution in [0.5, 0.6) is 0 Å². The van der Waals surface area contributed by atoms with Crippen molar-refractivity contribution in [3.8, 4) is 6.07 Å². The molecule has 0 saturated carbocycles. The Bertz CT molecular complexity index is 517. The fourth-order valence-corrected chi connectivity index (χ4v) is 1.47. The number of aliphatic hydroxyl groups excluding tert-OH is 1. The number of benzene rings is 1. The van der Waals surface area contributed by atoms with Crippen LogP contribution in [0.2, 0.25) is 0 Å². The van der Waals surface area contributed by atoms with Crippen molar-refractivity contribution in [1.82, 2.24) is 4.98 Å². The molecule has 0 radical (unpaired) electrons. The second kappa shape index (κ2) is 4.56. The van der Waals surface area contributed by atoms with Crippen molar-refractivity contribution in [3.63, 3.8) is 0 Å². The van der Waals surface area contributed by atoms with E-state index in [1.807, 2.05) is 36.4 Å². The molecule has 0 bridgehead atoms. The van der Waals surface area contributed by atoms with E-state index in [4.69, 9.17) is 5.26 Å². The van der Waals surface area contributed by atoms with Crippen LogP contribution in [0.1, 0.15) is 22.9 Å². The lowest BCUT2D eigenvalue weighted by Gasteiger charge is -2.09. The van der Waals surface area contributed by atoms with E-state index in [9.17, 15) is 5.11 Å². The van der Waals surface area contributed by atoms with Crippen molar-refractivity contribution in [2.24, 2.45) is 0 Å². The second-order valence-electron chi connectivity index (χ2n) is 3.39. The van der Waals surface area contributed by atoms with Crippen LogP contribution in [0.4, 0.5) is 0 Å². The molecule has 2 aromatic rings. The van der Waals surface area contributed by atoms with Gasteiger partial charge >= 0.3 is 0 Å². The molecule has 78 valence electrons. The molecule has 1 atom stereocenters. The zero-order valence-corrected chi connectivity index (χ0v) is 8.54.